The summed E-state index contributed by atoms with van der Waals surface area (Å²) < 4.78 is 2.21. The molecule has 0 atom stereocenters. The van der Waals surface area contributed by atoms with Gasteiger partial charge in [0, 0.05) is 21.7 Å². The molecule has 144 valence electrons. The van der Waals surface area contributed by atoms with Crippen LogP contribution in [0.25, 0.3) is 34.5 Å². The minimum atomic E-state index is 0. The summed E-state index contributed by atoms with van der Waals surface area (Å²) in [6, 6.07) is 31.1. The van der Waals surface area contributed by atoms with Crippen LogP contribution in [0.1, 0.15) is 11.1 Å². The lowest BCUT2D eigenvalue weighted by atomic mass is 9.99. The number of nitrogens with zero attached hydrogens (tertiary/aromatic N) is 1. The highest BCUT2D eigenvalue weighted by Crippen LogP contribution is 2.27. The van der Waals surface area contributed by atoms with Gasteiger partial charge in [0.25, 0.3) is 0 Å². The average Bonchev–Trinajstić information content (AvgIpc) is 2.74. The van der Waals surface area contributed by atoms with E-state index < -0.39 is 0 Å². The minimum absolute atomic E-state index is 0. The normalized spacial score (nSPS) is 10.7. The molecule has 1 nitrogen and oxygen atoms in total. The van der Waals surface area contributed by atoms with E-state index in [-0.39, 0.29) is 24.0 Å². The number of rotatable bonds is 4. The summed E-state index contributed by atoms with van der Waals surface area (Å²) in [5.41, 5.74) is 7.07. The Balaban J connectivity index is 0.00000240. The summed E-state index contributed by atoms with van der Waals surface area (Å²) in [6.07, 6.45) is 6.50. The van der Waals surface area contributed by atoms with E-state index in [0.29, 0.717) is 0 Å². The molecule has 0 fully saturated rings. The molecule has 1 aromatic heterocycles. The molecule has 0 radical (unpaired) electrons. The predicted octanol–water partition coefficient (Wildman–Crippen LogP) is 3.67. The van der Waals surface area contributed by atoms with E-state index >= 15 is 0 Å². The summed E-state index contributed by atoms with van der Waals surface area (Å²) in [5.74, 6) is 0. The quantitative estimate of drug-likeness (QED) is 0.292. The fourth-order valence-corrected chi connectivity index (χ4v) is 3.52. The lowest BCUT2D eigenvalue weighted by molar-refractivity contribution is -0.660. The van der Waals surface area contributed by atoms with E-state index in [2.05, 4.69) is 84.6 Å². The second kappa shape index (κ2) is 9.86. The molecule has 0 spiro atoms. The van der Waals surface area contributed by atoms with Crippen LogP contribution in [0.5, 0.6) is 0 Å². The number of hydrogen-bond donors (Lipinski definition) is 0. The highest BCUT2D eigenvalue weighted by atomic mass is 127. The largest absolute Gasteiger partial charge is 1.00 e. The molecule has 4 aromatic rings. The third kappa shape index (κ3) is 5.14. The maximum atomic E-state index is 6.02. The highest BCUT2D eigenvalue weighted by Gasteiger charge is 2.17. The molecule has 0 saturated carbocycles. The van der Waals surface area contributed by atoms with E-state index in [4.69, 9.17) is 11.6 Å². The molecule has 0 aliphatic heterocycles. The first kappa shape index (κ1) is 21.3. The van der Waals surface area contributed by atoms with Crippen LogP contribution in [0.4, 0.5) is 0 Å². The molecule has 1 heterocycles. The van der Waals surface area contributed by atoms with Crippen molar-refractivity contribution in [1.29, 1.82) is 0 Å². The topological polar surface area (TPSA) is 3.88 Å². The molecule has 0 N–H and O–H groups in total. The van der Waals surface area contributed by atoms with Gasteiger partial charge in [-0.1, -0.05) is 78.3 Å². The fourth-order valence-electron chi connectivity index (χ4n) is 3.39. The van der Waals surface area contributed by atoms with Crippen LogP contribution >= 0.6 is 11.6 Å². The number of halogens is 2. The zero-order chi connectivity index (χ0) is 19.3. The molecule has 29 heavy (non-hydrogen) atoms. The lowest BCUT2D eigenvalue weighted by Crippen LogP contribution is -3.00. The molecular formula is C26H21ClIN. The maximum absolute atomic E-state index is 6.02. The van der Waals surface area contributed by atoms with Crippen LogP contribution in [0.15, 0.2) is 97.2 Å². The third-order valence-corrected chi connectivity index (χ3v) is 5.00. The Hall–Kier alpha value is -2.43. The minimum Gasteiger partial charge on any atom is -1.00 e. The Morgan fingerprint density at radius 3 is 1.90 bits per heavy atom. The second-order valence-electron chi connectivity index (χ2n) is 6.76. The number of pyridine rings is 1. The Morgan fingerprint density at radius 1 is 0.690 bits per heavy atom. The van der Waals surface area contributed by atoms with Gasteiger partial charge in [0.05, 0.1) is 0 Å². The van der Waals surface area contributed by atoms with Crippen molar-refractivity contribution in [2.24, 2.45) is 7.05 Å². The Bertz CT molecular complexity index is 1100. The zero-order valence-corrected chi connectivity index (χ0v) is 19.0. The number of benzene rings is 3. The van der Waals surface area contributed by atoms with Crippen molar-refractivity contribution in [2.45, 2.75) is 0 Å². The summed E-state index contributed by atoms with van der Waals surface area (Å²) in [5, 5.41) is 0.750. The molecule has 3 aromatic carbocycles. The fraction of sp³-hybridized carbons (Fsp3) is 0.0385. The molecule has 0 saturated heterocycles. The summed E-state index contributed by atoms with van der Waals surface area (Å²) in [4.78, 5) is 0. The van der Waals surface area contributed by atoms with Crippen LogP contribution in [-0.4, -0.2) is 0 Å². The first-order chi connectivity index (χ1) is 13.7. The van der Waals surface area contributed by atoms with Crippen LogP contribution in [0.2, 0.25) is 5.02 Å². The van der Waals surface area contributed by atoms with E-state index in [1.54, 1.807) is 0 Å². The van der Waals surface area contributed by atoms with Crippen LogP contribution in [0, 0.1) is 0 Å². The Labute approximate surface area is 194 Å². The van der Waals surface area contributed by atoms with Gasteiger partial charge in [-0.3, -0.25) is 0 Å². The van der Waals surface area contributed by atoms with E-state index in [0.717, 1.165) is 10.6 Å². The van der Waals surface area contributed by atoms with E-state index in [9.17, 15) is 0 Å². The second-order valence-corrected chi connectivity index (χ2v) is 7.20. The molecule has 0 aliphatic rings. The molecule has 4 rings (SSSR count). The lowest BCUT2D eigenvalue weighted by Gasteiger charge is -2.08. The monoisotopic (exact) mass is 509 g/mol. The van der Waals surface area contributed by atoms with Crippen molar-refractivity contribution in [3.8, 4) is 22.4 Å². The summed E-state index contributed by atoms with van der Waals surface area (Å²) in [6.45, 7) is 0. The molecule has 0 bridgehead atoms. The van der Waals surface area contributed by atoms with Crippen LogP contribution < -0.4 is 28.5 Å². The van der Waals surface area contributed by atoms with Gasteiger partial charge < -0.3 is 24.0 Å². The zero-order valence-electron chi connectivity index (χ0n) is 16.1. The molecule has 0 unspecified atom stereocenters. The van der Waals surface area contributed by atoms with Crippen molar-refractivity contribution in [1.82, 2.24) is 0 Å². The van der Waals surface area contributed by atoms with Gasteiger partial charge in [-0.05, 0) is 47.5 Å². The first-order valence-electron chi connectivity index (χ1n) is 9.29. The molecule has 0 amide bonds. The molecule has 0 aliphatic carbocycles. The van der Waals surface area contributed by atoms with Crippen LogP contribution in [-0.2, 0) is 7.05 Å². The van der Waals surface area contributed by atoms with Gasteiger partial charge in [-0.25, -0.2) is 0 Å². The first-order valence-corrected chi connectivity index (χ1v) is 9.67. The standard InChI is InChI=1S/C26H21ClN.HI/c1-28-19-24(21-8-4-2-5-9-21)18-23(26(28)22-10-6-3-7-11-22)15-12-20-13-16-25(27)17-14-20;/h2-19H,1H3;1H/q+1;/p-1/b15-12+;. The van der Waals surface area contributed by atoms with Gasteiger partial charge in [0.1, 0.15) is 7.05 Å². The smallest absolute Gasteiger partial charge is 0.219 e. The highest BCUT2D eigenvalue weighted by molar-refractivity contribution is 6.30. The predicted molar refractivity (Wildman–Crippen MR) is 119 cm³/mol. The van der Waals surface area contributed by atoms with Crippen molar-refractivity contribution >= 4 is 23.8 Å². The molecular weight excluding hydrogens is 489 g/mol. The number of aryl methyl sites for hydroxylation is 1. The Kier molecular flexibility index (Phi) is 7.24. The van der Waals surface area contributed by atoms with Gasteiger partial charge in [0.2, 0.25) is 5.69 Å². The number of aromatic nitrogens is 1. The maximum Gasteiger partial charge on any atom is 0.219 e. The summed E-state index contributed by atoms with van der Waals surface area (Å²) in [7, 11) is 2.11. The Morgan fingerprint density at radius 2 is 1.28 bits per heavy atom. The van der Waals surface area contributed by atoms with Gasteiger partial charge in [-0.15, -0.1) is 0 Å². The van der Waals surface area contributed by atoms with E-state index in [1.165, 1.54) is 27.9 Å². The van der Waals surface area contributed by atoms with Gasteiger partial charge in [-0.2, -0.15) is 4.57 Å². The van der Waals surface area contributed by atoms with Gasteiger partial charge >= 0.3 is 0 Å². The van der Waals surface area contributed by atoms with Crippen molar-refractivity contribution in [3.05, 3.63) is 113 Å². The molecule has 3 heteroatoms. The van der Waals surface area contributed by atoms with E-state index in [1.807, 2.05) is 36.4 Å². The van der Waals surface area contributed by atoms with Crippen molar-refractivity contribution in [2.75, 3.05) is 0 Å². The van der Waals surface area contributed by atoms with Gasteiger partial charge in [0.15, 0.2) is 6.20 Å². The number of hydrogen-bond acceptors (Lipinski definition) is 0. The van der Waals surface area contributed by atoms with Crippen molar-refractivity contribution < 1.29 is 28.5 Å². The average molecular weight is 510 g/mol. The third-order valence-electron chi connectivity index (χ3n) is 4.75. The SMILES string of the molecule is C[n+]1cc(-c2ccccc2)cc(/C=C/c2ccc(Cl)cc2)c1-c1ccccc1.[I-]. The van der Waals surface area contributed by atoms with Crippen LogP contribution in [0.3, 0.4) is 0 Å². The summed E-state index contributed by atoms with van der Waals surface area (Å²) >= 11 is 6.02. The van der Waals surface area contributed by atoms with Crippen molar-refractivity contribution in [3.63, 3.8) is 0 Å².